The molecule has 1 heterocycles. The average Bonchev–Trinajstić information content (AvgIpc) is 2.73. The second kappa shape index (κ2) is 5.81. The van der Waals surface area contributed by atoms with Crippen LogP contribution in [-0.2, 0) is 4.79 Å². The lowest BCUT2D eigenvalue weighted by Crippen LogP contribution is -2.40. The molecule has 0 bridgehead atoms. The number of carbonyl (C=O) groups is 2. The van der Waals surface area contributed by atoms with E-state index in [1.165, 1.54) is 12.1 Å². The predicted octanol–water partition coefficient (Wildman–Crippen LogP) is 1.52. The molecule has 0 radical (unpaired) electrons. The van der Waals surface area contributed by atoms with Gasteiger partial charge in [0.2, 0.25) is 5.91 Å². The number of phenolic OH excluding ortho intramolecular Hbond substituents is 1. The Balaban J connectivity index is 1.86. The minimum atomic E-state index is -0.348. The number of anilines is 1. The standard InChI is InChI=1S/C14H19N3O3/c1-9(2)17-8-11(7-13(17)19)16-14(20)15-10-3-5-12(18)6-4-10/h3-6,9,11,18H,7-8H2,1-2H3,(H2,15,16,20). The van der Waals surface area contributed by atoms with Gasteiger partial charge in [0.05, 0.1) is 6.04 Å². The van der Waals surface area contributed by atoms with Crippen LogP contribution in [0.2, 0.25) is 0 Å². The van der Waals surface area contributed by atoms with Crippen LogP contribution in [0.25, 0.3) is 0 Å². The van der Waals surface area contributed by atoms with Gasteiger partial charge in [0.15, 0.2) is 0 Å². The Bertz CT molecular complexity index is 499. The third-order valence-electron chi connectivity index (χ3n) is 3.24. The SMILES string of the molecule is CC(C)N1CC(NC(=O)Nc2ccc(O)cc2)CC1=O. The van der Waals surface area contributed by atoms with Crippen molar-refractivity contribution in [2.24, 2.45) is 0 Å². The van der Waals surface area contributed by atoms with Gasteiger partial charge in [-0.1, -0.05) is 0 Å². The molecule has 20 heavy (non-hydrogen) atoms. The quantitative estimate of drug-likeness (QED) is 0.733. The summed E-state index contributed by atoms with van der Waals surface area (Å²) in [5.41, 5.74) is 0.588. The van der Waals surface area contributed by atoms with Crippen molar-refractivity contribution in [1.29, 1.82) is 0 Å². The second-order valence-corrected chi connectivity index (χ2v) is 5.19. The van der Waals surface area contributed by atoms with E-state index in [2.05, 4.69) is 10.6 Å². The van der Waals surface area contributed by atoms with E-state index in [4.69, 9.17) is 5.11 Å². The van der Waals surface area contributed by atoms with Crippen molar-refractivity contribution in [2.45, 2.75) is 32.4 Å². The van der Waals surface area contributed by atoms with E-state index in [1.807, 2.05) is 13.8 Å². The summed E-state index contributed by atoms with van der Waals surface area (Å²) in [5.74, 6) is 0.208. The predicted molar refractivity (Wildman–Crippen MR) is 75.5 cm³/mol. The second-order valence-electron chi connectivity index (χ2n) is 5.19. The molecular weight excluding hydrogens is 258 g/mol. The molecule has 108 valence electrons. The smallest absolute Gasteiger partial charge is 0.319 e. The molecule has 0 aliphatic carbocycles. The molecule has 2 rings (SSSR count). The Hall–Kier alpha value is -2.24. The molecular formula is C14H19N3O3. The van der Waals surface area contributed by atoms with Crippen LogP contribution in [0.4, 0.5) is 10.5 Å². The Morgan fingerprint density at radius 1 is 1.35 bits per heavy atom. The summed E-state index contributed by atoms with van der Waals surface area (Å²) in [7, 11) is 0. The van der Waals surface area contributed by atoms with Crippen LogP contribution < -0.4 is 10.6 Å². The topological polar surface area (TPSA) is 81.7 Å². The van der Waals surface area contributed by atoms with Crippen molar-refractivity contribution in [2.75, 3.05) is 11.9 Å². The van der Waals surface area contributed by atoms with Crippen LogP contribution in [0.15, 0.2) is 24.3 Å². The summed E-state index contributed by atoms with van der Waals surface area (Å²) >= 11 is 0. The summed E-state index contributed by atoms with van der Waals surface area (Å²) in [6, 6.07) is 5.84. The zero-order chi connectivity index (χ0) is 14.7. The molecule has 1 aromatic rings. The van der Waals surface area contributed by atoms with E-state index < -0.39 is 0 Å². The normalized spacial score (nSPS) is 18.4. The van der Waals surface area contributed by atoms with Gasteiger partial charge in [-0.25, -0.2) is 4.79 Å². The number of hydrogen-bond donors (Lipinski definition) is 3. The van der Waals surface area contributed by atoms with Crippen molar-refractivity contribution < 1.29 is 14.7 Å². The first-order valence-electron chi connectivity index (χ1n) is 6.61. The van der Waals surface area contributed by atoms with Crippen molar-refractivity contribution in [3.63, 3.8) is 0 Å². The largest absolute Gasteiger partial charge is 0.508 e. The number of nitrogens with zero attached hydrogens (tertiary/aromatic N) is 1. The van der Waals surface area contributed by atoms with Crippen molar-refractivity contribution in [3.8, 4) is 5.75 Å². The average molecular weight is 277 g/mol. The van der Waals surface area contributed by atoms with Gasteiger partial charge in [0.1, 0.15) is 5.75 Å². The molecule has 1 aromatic carbocycles. The first-order chi connectivity index (χ1) is 9.45. The first-order valence-corrected chi connectivity index (χ1v) is 6.61. The van der Waals surface area contributed by atoms with Crippen LogP contribution in [0.1, 0.15) is 20.3 Å². The molecule has 6 heteroatoms. The minimum Gasteiger partial charge on any atom is -0.508 e. The van der Waals surface area contributed by atoms with E-state index in [0.29, 0.717) is 18.7 Å². The van der Waals surface area contributed by atoms with E-state index >= 15 is 0 Å². The monoisotopic (exact) mass is 277 g/mol. The number of urea groups is 1. The highest BCUT2D eigenvalue weighted by Crippen LogP contribution is 2.16. The zero-order valence-electron chi connectivity index (χ0n) is 11.6. The number of phenols is 1. The molecule has 0 aromatic heterocycles. The molecule has 1 unspecified atom stereocenters. The van der Waals surface area contributed by atoms with Gasteiger partial charge in [-0.3, -0.25) is 4.79 Å². The molecule has 1 aliphatic heterocycles. The van der Waals surface area contributed by atoms with Crippen LogP contribution in [-0.4, -0.2) is 40.6 Å². The van der Waals surface area contributed by atoms with Gasteiger partial charge < -0.3 is 20.6 Å². The van der Waals surface area contributed by atoms with E-state index in [9.17, 15) is 9.59 Å². The highest BCUT2D eigenvalue weighted by Gasteiger charge is 2.31. The van der Waals surface area contributed by atoms with Crippen LogP contribution in [0, 0.1) is 0 Å². The lowest BCUT2D eigenvalue weighted by Gasteiger charge is -2.21. The summed E-state index contributed by atoms with van der Waals surface area (Å²) in [5, 5.41) is 14.6. The van der Waals surface area contributed by atoms with Crippen LogP contribution in [0.5, 0.6) is 5.75 Å². The highest BCUT2D eigenvalue weighted by molar-refractivity contribution is 5.90. The molecule has 3 amide bonds. The molecule has 0 spiro atoms. The number of hydrogen-bond acceptors (Lipinski definition) is 3. The maximum absolute atomic E-state index is 11.8. The first kappa shape index (κ1) is 14.2. The molecule has 3 N–H and O–H groups in total. The zero-order valence-corrected chi connectivity index (χ0v) is 11.6. The van der Waals surface area contributed by atoms with Gasteiger partial charge >= 0.3 is 6.03 Å². The summed E-state index contributed by atoms with van der Waals surface area (Å²) in [6.07, 6.45) is 0.335. The number of rotatable bonds is 3. The van der Waals surface area contributed by atoms with Gasteiger partial charge in [-0.05, 0) is 38.1 Å². The molecule has 1 saturated heterocycles. The highest BCUT2D eigenvalue weighted by atomic mass is 16.3. The van der Waals surface area contributed by atoms with Gasteiger partial charge in [-0.2, -0.15) is 0 Å². The Kier molecular flexibility index (Phi) is 4.12. The molecule has 6 nitrogen and oxygen atoms in total. The third kappa shape index (κ3) is 3.40. The van der Waals surface area contributed by atoms with Crippen LogP contribution >= 0.6 is 0 Å². The summed E-state index contributed by atoms with van der Waals surface area (Å²) < 4.78 is 0. The number of benzene rings is 1. The Morgan fingerprint density at radius 2 is 2.00 bits per heavy atom. The maximum atomic E-state index is 11.8. The molecule has 1 fully saturated rings. The minimum absolute atomic E-state index is 0.0648. The number of likely N-dealkylation sites (tertiary alicyclic amines) is 1. The fraction of sp³-hybridized carbons (Fsp3) is 0.429. The Morgan fingerprint density at radius 3 is 2.55 bits per heavy atom. The van der Waals surface area contributed by atoms with E-state index in [0.717, 1.165) is 0 Å². The molecule has 1 aliphatic rings. The van der Waals surface area contributed by atoms with E-state index in [-0.39, 0.29) is 29.8 Å². The number of nitrogens with one attached hydrogen (secondary N) is 2. The van der Waals surface area contributed by atoms with E-state index in [1.54, 1.807) is 17.0 Å². The van der Waals surface area contributed by atoms with Crippen molar-refractivity contribution in [1.82, 2.24) is 10.2 Å². The van der Waals surface area contributed by atoms with Crippen molar-refractivity contribution >= 4 is 17.6 Å². The molecule has 1 atom stereocenters. The number of amides is 3. The van der Waals surface area contributed by atoms with Gasteiger partial charge in [0, 0.05) is 24.7 Å². The third-order valence-corrected chi connectivity index (χ3v) is 3.24. The van der Waals surface area contributed by atoms with Crippen LogP contribution in [0.3, 0.4) is 0 Å². The van der Waals surface area contributed by atoms with Gasteiger partial charge in [0.25, 0.3) is 0 Å². The summed E-state index contributed by atoms with van der Waals surface area (Å²) in [4.78, 5) is 25.3. The molecule has 0 saturated carbocycles. The van der Waals surface area contributed by atoms with Gasteiger partial charge in [-0.15, -0.1) is 0 Å². The fourth-order valence-corrected chi connectivity index (χ4v) is 2.22. The lowest BCUT2D eigenvalue weighted by atomic mass is 10.2. The fourth-order valence-electron chi connectivity index (χ4n) is 2.22. The Labute approximate surface area is 117 Å². The number of carbonyl (C=O) groups excluding carboxylic acids is 2. The number of aromatic hydroxyl groups is 1. The lowest BCUT2D eigenvalue weighted by molar-refractivity contribution is -0.129. The van der Waals surface area contributed by atoms with Crippen molar-refractivity contribution in [3.05, 3.63) is 24.3 Å². The maximum Gasteiger partial charge on any atom is 0.319 e. The summed E-state index contributed by atoms with van der Waals surface area (Å²) in [6.45, 7) is 4.45.